The van der Waals surface area contributed by atoms with Crippen LogP contribution in [0.4, 0.5) is 10.5 Å². The van der Waals surface area contributed by atoms with Crippen molar-refractivity contribution in [1.82, 2.24) is 9.88 Å². The number of amides is 2. The van der Waals surface area contributed by atoms with E-state index in [0.29, 0.717) is 5.89 Å². The molecule has 1 unspecified atom stereocenters. The van der Waals surface area contributed by atoms with E-state index in [0.717, 1.165) is 48.5 Å². The highest BCUT2D eigenvalue weighted by Gasteiger charge is 2.27. The molecule has 0 bridgehead atoms. The van der Waals surface area contributed by atoms with Crippen LogP contribution < -0.4 is 5.32 Å². The van der Waals surface area contributed by atoms with Crippen molar-refractivity contribution in [1.29, 1.82) is 0 Å². The molecule has 2 amide bonds. The van der Waals surface area contributed by atoms with E-state index in [4.69, 9.17) is 4.42 Å². The zero-order chi connectivity index (χ0) is 20.2. The Morgan fingerprint density at radius 1 is 1.14 bits per heavy atom. The van der Waals surface area contributed by atoms with Crippen LogP contribution in [-0.4, -0.2) is 28.5 Å². The van der Waals surface area contributed by atoms with Crippen molar-refractivity contribution in [2.45, 2.75) is 45.6 Å². The van der Waals surface area contributed by atoms with Gasteiger partial charge >= 0.3 is 6.03 Å². The third-order valence-corrected chi connectivity index (χ3v) is 5.59. The van der Waals surface area contributed by atoms with Crippen LogP contribution in [0.15, 0.2) is 59.0 Å². The van der Waals surface area contributed by atoms with E-state index in [2.05, 4.69) is 34.6 Å². The Hall–Kier alpha value is -3.08. The summed E-state index contributed by atoms with van der Waals surface area (Å²) < 4.78 is 5.73. The Balaban J connectivity index is 1.48. The summed E-state index contributed by atoms with van der Waals surface area (Å²) in [5, 5.41) is 3.08. The highest BCUT2D eigenvalue weighted by molar-refractivity contribution is 5.90. The molecule has 0 saturated carbocycles. The summed E-state index contributed by atoms with van der Waals surface area (Å²) in [5.41, 5.74) is 3.77. The predicted molar refractivity (Wildman–Crippen MR) is 115 cm³/mol. The molecule has 0 radical (unpaired) electrons. The summed E-state index contributed by atoms with van der Waals surface area (Å²) in [5.74, 6) is 1.39. The second kappa shape index (κ2) is 8.52. The standard InChI is InChI=1S/C24H27N3O2/c1-17-18(2)29-23(25-17)20-11-8-12-21(16-20)26-24(28)27-14-7-6-13-22(27)15-19-9-4-3-5-10-19/h3-5,8-12,16,22H,6-7,13-15H2,1-2H3,(H,26,28). The number of likely N-dealkylation sites (tertiary alicyclic amines) is 1. The minimum atomic E-state index is -0.0393. The summed E-state index contributed by atoms with van der Waals surface area (Å²) in [6.07, 6.45) is 4.15. The number of aryl methyl sites for hydroxylation is 2. The summed E-state index contributed by atoms with van der Waals surface area (Å²) in [6, 6.07) is 18.3. The van der Waals surface area contributed by atoms with Gasteiger partial charge < -0.3 is 14.6 Å². The second-order valence-electron chi connectivity index (χ2n) is 7.70. The van der Waals surface area contributed by atoms with Crippen molar-refractivity contribution in [3.8, 4) is 11.5 Å². The highest BCUT2D eigenvalue weighted by atomic mass is 16.4. The lowest BCUT2D eigenvalue weighted by atomic mass is 9.96. The molecule has 4 rings (SSSR count). The number of oxazole rings is 1. The van der Waals surface area contributed by atoms with Crippen LogP contribution in [0.1, 0.15) is 36.3 Å². The average molecular weight is 389 g/mol. The van der Waals surface area contributed by atoms with E-state index in [1.807, 2.05) is 49.1 Å². The number of carbonyl (C=O) groups excluding carboxylic acids is 1. The Morgan fingerprint density at radius 2 is 1.97 bits per heavy atom. The van der Waals surface area contributed by atoms with Crippen LogP contribution in [0.5, 0.6) is 0 Å². The fraction of sp³-hybridized carbons (Fsp3) is 0.333. The summed E-state index contributed by atoms with van der Waals surface area (Å²) in [7, 11) is 0. The number of hydrogen-bond acceptors (Lipinski definition) is 3. The van der Waals surface area contributed by atoms with E-state index in [1.54, 1.807) is 0 Å². The van der Waals surface area contributed by atoms with Crippen molar-refractivity contribution in [2.24, 2.45) is 0 Å². The molecular weight excluding hydrogens is 362 g/mol. The number of carbonyl (C=O) groups is 1. The third-order valence-electron chi connectivity index (χ3n) is 5.59. The van der Waals surface area contributed by atoms with Gasteiger partial charge in [0.1, 0.15) is 5.76 Å². The lowest BCUT2D eigenvalue weighted by molar-refractivity contribution is 0.162. The molecule has 1 fully saturated rings. The van der Waals surface area contributed by atoms with Crippen LogP contribution in [0.2, 0.25) is 0 Å². The molecule has 29 heavy (non-hydrogen) atoms. The number of rotatable bonds is 4. The molecule has 5 nitrogen and oxygen atoms in total. The first kappa shape index (κ1) is 19.2. The van der Waals surface area contributed by atoms with Gasteiger partial charge in [0, 0.05) is 23.8 Å². The van der Waals surface area contributed by atoms with Gasteiger partial charge in [-0.3, -0.25) is 0 Å². The molecule has 0 aliphatic carbocycles. The third kappa shape index (κ3) is 4.50. The molecule has 150 valence electrons. The normalized spacial score (nSPS) is 16.6. The van der Waals surface area contributed by atoms with Gasteiger partial charge in [0.15, 0.2) is 0 Å². The number of nitrogens with zero attached hydrogens (tertiary/aromatic N) is 2. The van der Waals surface area contributed by atoms with Crippen molar-refractivity contribution < 1.29 is 9.21 Å². The number of benzene rings is 2. The van der Waals surface area contributed by atoms with Gasteiger partial charge in [-0.15, -0.1) is 0 Å². The van der Waals surface area contributed by atoms with Gasteiger partial charge in [-0.05, 0) is 63.3 Å². The number of hydrogen-bond donors (Lipinski definition) is 1. The van der Waals surface area contributed by atoms with E-state index in [9.17, 15) is 4.79 Å². The summed E-state index contributed by atoms with van der Waals surface area (Å²) >= 11 is 0. The van der Waals surface area contributed by atoms with Crippen LogP contribution in [-0.2, 0) is 6.42 Å². The van der Waals surface area contributed by atoms with E-state index < -0.39 is 0 Å². The largest absolute Gasteiger partial charge is 0.441 e. The number of anilines is 1. The van der Waals surface area contributed by atoms with Gasteiger partial charge in [-0.1, -0.05) is 36.4 Å². The van der Waals surface area contributed by atoms with E-state index >= 15 is 0 Å². The summed E-state index contributed by atoms with van der Waals surface area (Å²) in [6.45, 7) is 4.62. The number of aromatic nitrogens is 1. The first-order chi connectivity index (χ1) is 14.1. The maximum absolute atomic E-state index is 13.0. The average Bonchev–Trinajstić information content (AvgIpc) is 3.08. The number of piperidine rings is 1. The van der Waals surface area contributed by atoms with Crippen molar-refractivity contribution in [3.63, 3.8) is 0 Å². The Labute approximate surface area is 171 Å². The molecule has 0 spiro atoms. The molecule has 1 aromatic heterocycles. The zero-order valence-electron chi connectivity index (χ0n) is 17.0. The monoisotopic (exact) mass is 389 g/mol. The van der Waals surface area contributed by atoms with Crippen molar-refractivity contribution in [3.05, 3.63) is 71.6 Å². The van der Waals surface area contributed by atoms with Crippen LogP contribution >= 0.6 is 0 Å². The quantitative estimate of drug-likeness (QED) is 0.633. The second-order valence-corrected chi connectivity index (χ2v) is 7.70. The Morgan fingerprint density at radius 3 is 2.72 bits per heavy atom. The molecule has 1 saturated heterocycles. The molecule has 3 aromatic rings. The fourth-order valence-corrected chi connectivity index (χ4v) is 3.89. The predicted octanol–water partition coefficient (Wildman–Crippen LogP) is 5.59. The van der Waals surface area contributed by atoms with E-state index in [1.165, 1.54) is 12.0 Å². The summed E-state index contributed by atoms with van der Waals surface area (Å²) in [4.78, 5) is 19.5. The van der Waals surface area contributed by atoms with Gasteiger partial charge in [0.25, 0.3) is 0 Å². The molecule has 1 aliphatic heterocycles. The first-order valence-electron chi connectivity index (χ1n) is 10.3. The lowest BCUT2D eigenvalue weighted by Crippen LogP contribution is -2.46. The maximum atomic E-state index is 13.0. The van der Waals surface area contributed by atoms with Crippen LogP contribution in [0, 0.1) is 13.8 Å². The van der Waals surface area contributed by atoms with Gasteiger partial charge in [0.2, 0.25) is 5.89 Å². The molecule has 5 heteroatoms. The Bertz CT molecular complexity index is 961. The fourth-order valence-electron chi connectivity index (χ4n) is 3.89. The molecule has 1 aliphatic rings. The highest BCUT2D eigenvalue weighted by Crippen LogP contribution is 2.26. The molecule has 1 atom stereocenters. The van der Waals surface area contributed by atoms with Crippen molar-refractivity contribution >= 4 is 11.7 Å². The number of urea groups is 1. The maximum Gasteiger partial charge on any atom is 0.322 e. The molecule has 2 aromatic carbocycles. The Kier molecular flexibility index (Phi) is 5.65. The first-order valence-corrected chi connectivity index (χ1v) is 10.3. The minimum absolute atomic E-state index is 0.0393. The van der Waals surface area contributed by atoms with Crippen molar-refractivity contribution in [2.75, 3.05) is 11.9 Å². The van der Waals surface area contributed by atoms with E-state index in [-0.39, 0.29) is 12.1 Å². The van der Waals surface area contributed by atoms with Crippen LogP contribution in [0.3, 0.4) is 0 Å². The lowest BCUT2D eigenvalue weighted by Gasteiger charge is -2.36. The smallest absolute Gasteiger partial charge is 0.322 e. The molecular formula is C24H27N3O2. The van der Waals surface area contributed by atoms with Gasteiger partial charge in [-0.2, -0.15) is 0 Å². The van der Waals surface area contributed by atoms with Crippen LogP contribution in [0.25, 0.3) is 11.5 Å². The topological polar surface area (TPSA) is 58.4 Å². The van der Waals surface area contributed by atoms with Gasteiger partial charge in [-0.25, -0.2) is 9.78 Å². The SMILES string of the molecule is Cc1nc(-c2cccc(NC(=O)N3CCCCC3Cc3ccccc3)c2)oc1C. The molecule has 1 N–H and O–H groups in total. The van der Waals surface area contributed by atoms with Gasteiger partial charge in [0.05, 0.1) is 5.69 Å². The zero-order valence-corrected chi connectivity index (χ0v) is 17.0. The minimum Gasteiger partial charge on any atom is -0.441 e. The number of nitrogens with one attached hydrogen (secondary N) is 1. The molecule has 2 heterocycles.